The van der Waals surface area contributed by atoms with Crippen molar-refractivity contribution in [2.24, 2.45) is 0 Å². The van der Waals surface area contributed by atoms with Gasteiger partial charge in [0.15, 0.2) is 0 Å². The van der Waals surface area contributed by atoms with Crippen LogP contribution in [0.25, 0.3) is 33.7 Å². The molecule has 0 N–H and O–H groups in total. The maximum Gasteiger partial charge on any atom is 0.141 e. The molecule has 0 amide bonds. The highest BCUT2D eigenvalue weighted by Gasteiger charge is 2.22. The van der Waals surface area contributed by atoms with Crippen molar-refractivity contribution >= 4 is 22.4 Å². The van der Waals surface area contributed by atoms with Gasteiger partial charge in [0.1, 0.15) is 24.0 Å². The van der Waals surface area contributed by atoms with Gasteiger partial charge in [-0.2, -0.15) is 0 Å². The number of imidazole rings is 1. The zero-order chi connectivity index (χ0) is 24.5. The van der Waals surface area contributed by atoms with Crippen LogP contribution in [0, 0.1) is 12.7 Å². The minimum atomic E-state index is -0.249. The molecule has 0 unspecified atom stereocenters. The summed E-state index contributed by atoms with van der Waals surface area (Å²) in [6.07, 6.45) is 6.30. The molecule has 0 radical (unpaired) electrons. The molecule has 0 spiro atoms. The van der Waals surface area contributed by atoms with E-state index in [1.165, 1.54) is 49.8 Å². The molecule has 4 nitrogen and oxygen atoms in total. The van der Waals surface area contributed by atoms with E-state index in [4.69, 9.17) is 9.72 Å². The number of fused-ring (bicyclic) bond motifs is 1. The van der Waals surface area contributed by atoms with Crippen molar-refractivity contribution in [1.82, 2.24) is 14.5 Å². The van der Waals surface area contributed by atoms with E-state index in [2.05, 4.69) is 45.9 Å². The fourth-order valence-corrected chi connectivity index (χ4v) is 6.08. The Balaban J connectivity index is 1.25. The van der Waals surface area contributed by atoms with Gasteiger partial charge in [0, 0.05) is 17.2 Å². The van der Waals surface area contributed by atoms with Crippen molar-refractivity contribution in [2.45, 2.75) is 51.7 Å². The molecular weight excluding hydrogens is 469 g/mol. The summed E-state index contributed by atoms with van der Waals surface area (Å²) in [6, 6.07) is 23.7. The molecule has 5 aromatic rings. The van der Waals surface area contributed by atoms with E-state index in [0.29, 0.717) is 12.6 Å². The third-order valence-corrected chi connectivity index (χ3v) is 7.88. The van der Waals surface area contributed by atoms with Crippen LogP contribution in [0.4, 0.5) is 4.39 Å². The first-order valence-corrected chi connectivity index (χ1v) is 13.4. The summed E-state index contributed by atoms with van der Waals surface area (Å²) < 4.78 is 22.0. The van der Waals surface area contributed by atoms with E-state index in [1.54, 1.807) is 23.5 Å². The largest absolute Gasteiger partial charge is 0.488 e. The molecule has 2 heterocycles. The van der Waals surface area contributed by atoms with Gasteiger partial charge in [-0.3, -0.25) is 0 Å². The smallest absolute Gasteiger partial charge is 0.141 e. The Morgan fingerprint density at radius 1 is 0.889 bits per heavy atom. The normalized spacial score (nSPS) is 14.4. The van der Waals surface area contributed by atoms with Gasteiger partial charge in [-0.05, 0) is 80.4 Å². The third-order valence-electron chi connectivity index (χ3n) is 6.94. The molecule has 0 atom stereocenters. The van der Waals surface area contributed by atoms with E-state index in [-0.39, 0.29) is 5.82 Å². The van der Waals surface area contributed by atoms with Crippen LogP contribution >= 0.6 is 11.3 Å². The molecule has 0 aliphatic heterocycles. The van der Waals surface area contributed by atoms with Crippen LogP contribution in [0.15, 0.2) is 72.8 Å². The maximum atomic E-state index is 13.4. The second kappa shape index (κ2) is 9.86. The Hall–Kier alpha value is -3.51. The number of nitrogens with zero attached hydrogens (tertiary/aromatic N) is 3. The van der Waals surface area contributed by atoms with Crippen molar-refractivity contribution in [2.75, 3.05) is 0 Å². The number of thiazole rings is 1. The molecule has 1 saturated carbocycles. The van der Waals surface area contributed by atoms with Crippen LogP contribution in [-0.4, -0.2) is 14.5 Å². The Bertz CT molecular complexity index is 1480. The van der Waals surface area contributed by atoms with Crippen molar-refractivity contribution in [3.05, 3.63) is 88.5 Å². The second-order valence-electron chi connectivity index (χ2n) is 9.41. The Morgan fingerprint density at radius 3 is 2.39 bits per heavy atom. The first-order chi connectivity index (χ1) is 17.7. The molecule has 6 heteroatoms. The molecule has 1 aliphatic carbocycles. The molecular formula is C30H28FN3OS. The van der Waals surface area contributed by atoms with E-state index in [1.807, 2.05) is 19.1 Å². The molecule has 6 rings (SSSR count). The van der Waals surface area contributed by atoms with Gasteiger partial charge in [0.2, 0.25) is 0 Å². The quantitative estimate of drug-likeness (QED) is 0.237. The summed E-state index contributed by atoms with van der Waals surface area (Å²) in [4.78, 5) is 10.7. The van der Waals surface area contributed by atoms with Crippen LogP contribution in [0.1, 0.15) is 48.0 Å². The number of rotatable bonds is 6. The zero-order valence-corrected chi connectivity index (χ0v) is 21.1. The van der Waals surface area contributed by atoms with Crippen molar-refractivity contribution < 1.29 is 9.13 Å². The lowest BCUT2D eigenvalue weighted by molar-refractivity contribution is 0.310. The van der Waals surface area contributed by atoms with Gasteiger partial charge in [-0.15, -0.1) is 11.3 Å². The predicted molar refractivity (Wildman–Crippen MR) is 144 cm³/mol. The average molecular weight is 498 g/mol. The first-order valence-electron chi connectivity index (χ1n) is 12.6. The highest BCUT2D eigenvalue weighted by molar-refractivity contribution is 7.12. The number of benzene rings is 3. The Labute approximate surface area is 214 Å². The zero-order valence-electron chi connectivity index (χ0n) is 20.3. The number of aryl methyl sites for hydroxylation is 1. The fraction of sp³-hybridized carbons (Fsp3) is 0.267. The van der Waals surface area contributed by atoms with Gasteiger partial charge >= 0.3 is 0 Å². The fourth-order valence-electron chi connectivity index (χ4n) is 5.21. The minimum absolute atomic E-state index is 0.249. The number of ether oxygens (including phenoxy) is 1. The number of aromatic nitrogens is 3. The van der Waals surface area contributed by atoms with Crippen LogP contribution in [0.2, 0.25) is 0 Å². The van der Waals surface area contributed by atoms with Gasteiger partial charge in [0.05, 0.1) is 26.6 Å². The molecule has 1 aliphatic rings. The van der Waals surface area contributed by atoms with E-state index < -0.39 is 0 Å². The minimum Gasteiger partial charge on any atom is -0.488 e. The molecule has 3 aromatic carbocycles. The lowest BCUT2D eigenvalue weighted by atomic mass is 9.95. The first kappa shape index (κ1) is 22.9. The van der Waals surface area contributed by atoms with Gasteiger partial charge < -0.3 is 9.30 Å². The molecule has 1 fully saturated rings. The molecule has 2 aromatic heterocycles. The van der Waals surface area contributed by atoms with Crippen molar-refractivity contribution in [1.29, 1.82) is 0 Å². The van der Waals surface area contributed by atoms with Crippen LogP contribution in [0.5, 0.6) is 5.75 Å². The molecule has 182 valence electrons. The maximum absolute atomic E-state index is 13.4. The van der Waals surface area contributed by atoms with Crippen LogP contribution < -0.4 is 4.74 Å². The van der Waals surface area contributed by atoms with Crippen molar-refractivity contribution in [3.8, 4) is 28.4 Å². The van der Waals surface area contributed by atoms with Crippen molar-refractivity contribution in [3.63, 3.8) is 0 Å². The molecule has 0 saturated heterocycles. The third kappa shape index (κ3) is 4.53. The van der Waals surface area contributed by atoms with Gasteiger partial charge in [-0.1, -0.05) is 31.4 Å². The summed E-state index contributed by atoms with van der Waals surface area (Å²) in [5.74, 6) is 1.59. The van der Waals surface area contributed by atoms with Crippen LogP contribution in [0.3, 0.4) is 0 Å². The highest BCUT2D eigenvalue weighted by Crippen LogP contribution is 2.36. The predicted octanol–water partition coefficient (Wildman–Crippen LogP) is 8.36. The number of hydrogen-bond donors (Lipinski definition) is 0. The van der Waals surface area contributed by atoms with Crippen LogP contribution in [-0.2, 0) is 6.61 Å². The topological polar surface area (TPSA) is 39.9 Å². The summed E-state index contributed by atoms with van der Waals surface area (Å²) in [5, 5.41) is 0.963. The Morgan fingerprint density at radius 2 is 1.61 bits per heavy atom. The summed E-state index contributed by atoms with van der Waals surface area (Å²) in [5.41, 5.74) is 5.12. The number of hydrogen-bond acceptors (Lipinski definition) is 4. The van der Waals surface area contributed by atoms with Gasteiger partial charge in [0.25, 0.3) is 0 Å². The summed E-state index contributed by atoms with van der Waals surface area (Å²) in [6.45, 7) is 2.40. The lowest BCUT2D eigenvalue weighted by Gasteiger charge is -2.25. The lowest BCUT2D eigenvalue weighted by Crippen LogP contribution is -2.13. The van der Waals surface area contributed by atoms with Gasteiger partial charge in [-0.25, -0.2) is 14.4 Å². The number of halogens is 1. The van der Waals surface area contributed by atoms with E-state index in [9.17, 15) is 4.39 Å². The average Bonchev–Trinajstić information content (AvgIpc) is 3.49. The van der Waals surface area contributed by atoms with E-state index >= 15 is 0 Å². The molecule has 0 bridgehead atoms. The number of para-hydroxylation sites is 2. The van der Waals surface area contributed by atoms with E-state index in [0.717, 1.165) is 43.8 Å². The molecule has 36 heavy (non-hydrogen) atoms. The summed E-state index contributed by atoms with van der Waals surface area (Å²) in [7, 11) is 0. The highest BCUT2D eigenvalue weighted by atomic mass is 32.1. The standard InChI is InChI=1S/C30H28FN3OS/c1-20-32-29(21-11-15-23(31)16-12-21)28(36-20)19-35-25-17-13-22(14-18-25)30-33-26-9-5-6-10-27(26)34(30)24-7-3-2-4-8-24/h5-6,9-18,24H,2-4,7-8,19H2,1H3. The second-order valence-corrected chi connectivity index (χ2v) is 10.7. The SMILES string of the molecule is Cc1nc(-c2ccc(F)cc2)c(COc2ccc(-c3nc4ccccc4n3C3CCCCC3)cc2)s1. The Kier molecular flexibility index (Phi) is 6.28. The summed E-state index contributed by atoms with van der Waals surface area (Å²) >= 11 is 1.61. The monoisotopic (exact) mass is 497 g/mol.